The number of aliphatic hydroxyl groups is 1. The zero-order valence-electron chi connectivity index (χ0n) is 27.3. The summed E-state index contributed by atoms with van der Waals surface area (Å²) >= 11 is 0. The van der Waals surface area contributed by atoms with Crippen LogP contribution >= 0.6 is 0 Å². The van der Waals surface area contributed by atoms with Crippen LogP contribution < -0.4 is 0 Å². The normalized spacial score (nSPS) is 33.6. The van der Waals surface area contributed by atoms with Gasteiger partial charge in [0.15, 0.2) is 20.9 Å². The molecule has 3 rings (SSSR count). The van der Waals surface area contributed by atoms with E-state index in [1.807, 2.05) is 44.2 Å². The zero-order valence-corrected chi connectivity index (χ0v) is 28.3. The van der Waals surface area contributed by atoms with Crippen LogP contribution in [-0.4, -0.2) is 75.1 Å². The molecule has 0 aliphatic carbocycles. The van der Waals surface area contributed by atoms with Crippen LogP contribution in [0.15, 0.2) is 35.4 Å². The second-order valence-electron chi connectivity index (χ2n) is 13.3. The van der Waals surface area contributed by atoms with Crippen molar-refractivity contribution in [3.05, 3.63) is 46.3 Å². The molecule has 0 bridgehead atoms. The Bertz CT molecular complexity index is 1100. The number of hydrogen-bond donors (Lipinski definition) is 1. The van der Waals surface area contributed by atoms with Crippen molar-refractivity contribution in [3.8, 4) is 0 Å². The molecule has 0 spiro atoms. The summed E-state index contributed by atoms with van der Waals surface area (Å²) in [7, 11) is -2.42. The lowest BCUT2D eigenvalue weighted by atomic mass is 9.88. The average molecular weight is 622 g/mol. The molecule has 0 saturated carbocycles. The van der Waals surface area contributed by atoms with Crippen LogP contribution in [0.3, 0.4) is 0 Å². The van der Waals surface area contributed by atoms with Crippen LogP contribution in [0.4, 0.5) is 0 Å². The largest absolute Gasteiger partial charge is 0.463 e. The Morgan fingerprint density at radius 1 is 1.09 bits per heavy atom. The molecule has 2 heterocycles. The Hall–Kier alpha value is -2.02. The Balaban J connectivity index is 1.87. The Morgan fingerprint density at radius 3 is 2.33 bits per heavy atom. The van der Waals surface area contributed by atoms with Gasteiger partial charge in [0.2, 0.25) is 0 Å². The SMILES string of the molecule is CC(=O)OCC1O[C@@H](O[Si](C)(C)C(C)(C)C(C)C)C(N=[N+]=[N-])[C@@H](C)[C@@H]1O[C@@H]1OC(C)[C@@H](O)[C@@H](OCc2ccccc2)C1C. The van der Waals surface area contributed by atoms with E-state index in [4.69, 9.17) is 28.1 Å². The number of nitrogens with zero attached hydrogens (tertiary/aromatic N) is 3. The molecule has 11 nitrogen and oxygen atoms in total. The molecule has 0 radical (unpaired) electrons. The quantitative estimate of drug-likeness (QED) is 0.0991. The molecule has 2 saturated heterocycles. The summed E-state index contributed by atoms with van der Waals surface area (Å²) < 4.78 is 37.6. The minimum absolute atomic E-state index is 0.0735. The van der Waals surface area contributed by atoms with Crippen LogP contribution in [0.5, 0.6) is 0 Å². The van der Waals surface area contributed by atoms with Gasteiger partial charge in [-0.2, -0.15) is 0 Å². The van der Waals surface area contributed by atoms with E-state index < -0.39 is 63.4 Å². The molecule has 1 N–H and O–H groups in total. The maximum Gasteiger partial charge on any atom is 0.302 e. The third kappa shape index (κ3) is 8.37. The van der Waals surface area contributed by atoms with E-state index in [1.54, 1.807) is 6.92 Å². The topological polar surface area (TPSA) is 141 Å². The molecule has 43 heavy (non-hydrogen) atoms. The lowest BCUT2D eigenvalue weighted by molar-refractivity contribution is -0.325. The van der Waals surface area contributed by atoms with Gasteiger partial charge in [0.05, 0.1) is 31.0 Å². The van der Waals surface area contributed by atoms with Crippen LogP contribution in [0, 0.1) is 17.8 Å². The van der Waals surface area contributed by atoms with E-state index in [0.29, 0.717) is 12.5 Å². The first-order valence-corrected chi connectivity index (χ1v) is 18.2. The number of ether oxygens (including phenoxy) is 5. The molecule has 2 aliphatic rings. The lowest BCUT2D eigenvalue weighted by Gasteiger charge is -2.51. The fourth-order valence-electron chi connectivity index (χ4n) is 5.59. The monoisotopic (exact) mass is 621 g/mol. The maximum absolute atomic E-state index is 11.8. The van der Waals surface area contributed by atoms with Gasteiger partial charge in [0.1, 0.15) is 18.8 Å². The molecular weight excluding hydrogens is 570 g/mol. The number of benzene rings is 1. The first kappa shape index (κ1) is 35.5. The minimum atomic E-state index is -2.42. The molecule has 10 atom stereocenters. The molecule has 0 aromatic heterocycles. The van der Waals surface area contributed by atoms with Gasteiger partial charge in [-0.15, -0.1) is 0 Å². The van der Waals surface area contributed by atoms with Gasteiger partial charge in [-0.3, -0.25) is 4.79 Å². The van der Waals surface area contributed by atoms with Crippen LogP contribution in [0.25, 0.3) is 10.4 Å². The highest BCUT2D eigenvalue weighted by Crippen LogP contribution is 2.47. The Labute approximate surface area is 257 Å². The molecule has 1 aromatic carbocycles. The Kier molecular flexibility index (Phi) is 12.2. The maximum atomic E-state index is 11.8. The van der Waals surface area contributed by atoms with Crippen molar-refractivity contribution in [2.24, 2.45) is 22.9 Å². The number of hydrogen-bond acceptors (Lipinski definition) is 9. The lowest BCUT2D eigenvalue weighted by Crippen LogP contribution is -2.61. The molecule has 242 valence electrons. The second kappa shape index (κ2) is 14.8. The first-order valence-electron chi connectivity index (χ1n) is 15.3. The molecule has 1 aromatic rings. The second-order valence-corrected chi connectivity index (χ2v) is 17.9. The number of carbonyl (C=O) groups is 1. The summed E-state index contributed by atoms with van der Waals surface area (Å²) in [6, 6.07) is 9.05. The fraction of sp³-hybridized carbons (Fsp3) is 0.774. The Morgan fingerprint density at radius 2 is 1.74 bits per heavy atom. The van der Waals surface area contributed by atoms with E-state index in [-0.39, 0.29) is 23.5 Å². The number of aliphatic hydroxyl groups excluding tert-OH is 1. The third-order valence-corrected chi connectivity index (χ3v) is 14.2. The van der Waals surface area contributed by atoms with Crippen molar-refractivity contribution < 1.29 is 38.0 Å². The number of carbonyl (C=O) groups excluding carboxylic acids is 1. The highest BCUT2D eigenvalue weighted by molar-refractivity contribution is 6.74. The van der Waals surface area contributed by atoms with E-state index in [1.165, 1.54) is 6.92 Å². The summed E-state index contributed by atoms with van der Waals surface area (Å²) in [5.74, 6) is -0.848. The highest BCUT2D eigenvalue weighted by atomic mass is 28.4. The van der Waals surface area contributed by atoms with E-state index in [2.05, 4.69) is 50.8 Å². The summed E-state index contributed by atoms with van der Waals surface area (Å²) in [6.45, 7) is 20.2. The zero-order chi connectivity index (χ0) is 32.1. The van der Waals surface area contributed by atoms with Gasteiger partial charge in [0.25, 0.3) is 0 Å². The van der Waals surface area contributed by atoms with Crippen molar-refractivity contribution in [2.75, 3.05) is 6.61 Å². The van der Waals surface area contributed by atoms with Crippen molar-refractivity contribution in [1.29, 1.82) is 0 Å². The van der Waals surface area contributed by atoms with Gasteiger partial charge in [0, 0.05) is 17.8 Å². The standard InChI is InChI=1S/C31H51N3O8Si/c1-18(2)31(7,8)43(9,10)42-30-25(33-34-32)19(3)27(24(40-30)17-37-22(6)35)41-29-20(4)28(26(36)21(5)39-29)38-16-23-14-12-11-13-15-23/h11-15,18-21,24-30,36H,16-17H2,1-10H3/t19-,20?,21?,24?,25?,26-,27+,28+,29+,30+/m1/s1. The van der Waals surface area contributed by atoms with Gasteiger partial charge in [-0.05, 0) is 48.0 Å². The van der Waals surface area contributed by atoms with Gasteiger partial charge in [-0.25, -0.2) is 0 Å². The van der Waals surface area contributed by atoms with Gasteiger partial charge >= 0.3 is 5.97 Å². The summed E-state index contributed by atoms with van der Waals surface area (Å²) in [4.78, 5) is 15.0. The van der Waals surface area contributed by atoms with Crippen molar-refractivity contribution in [2.45, 2.75) is 129 Å². The third-order valence-electron chi connectivity index (χ3n) is 9.74. The van der Waals surface area contributed by atoms with E-state index >= 15 is 0 Å². The van der Waals surface area contributed by atoms with Crippen LogP contribution in [0.1, 0.15) is 61.0 Å². The molecule has 2 aliphatic heterocycles. The predicted molar refractivity (Wildman–Crippen MR) is 164 cm³/mol. The highest BCUT2D eigenvalue weighted by Gasteiger charge is 2.52. The average Bonchev–Trinajstić information content (AvgIpc) is 2.94. The summed E-state index contributed by atoms with van der Waals surface area (Å²) in [5.41, 5.74) is 10.5. The molecule has 0 amide bonds. The van der Waals surface area contributed by atoms with E-state index in [0.717, 1.165) is 5.56 Å². The number of esters is 1. The van der Waals surface area contributed by atoms with Crippen molar-refractivity contribution >= 4 is 14.3 Å². The first-order chi connectivity index (χ1) is 20.1. The predicted octanol–water partition coefficient (Wildman–Crippen LogP) is 5.96. The van der Waals surface area contributed by atoms with Gasteiger partial charge in [-0.1, -0.05) is 77.0 Å². The molecule has 4 unspecified atom stereocenters. The minimum Gasteiger partial charge on any atom is -0.463 e. The summed E-state index contributed by atoms with van der Waals surface area (Å²) in [5, 5.41) is 15.0. The molecule has 2 fully saturated rings. The van der Waals surface area contributed by atoms with Crippen molar-refractivity contribution in [1.82, 2.24) is 0 Å². The smallest absolute Gasteiger partial charge is 0.302 e. The molecular formula is C31H51N3O8Si. The van der Waals surface area contributed by atoms with Crippen molar-refractivity contribution in [3.63, 3.8) is 0 Å². The van der Waals surface area contributed by atoms with E-state index in [9.17, 15) is 15.4 Å². The van der Waals surface area contributed by atoms with Crippen LogP contribution in [-0.2, 0) is 39.5 Å². The van der Waals surface area contributed by atoms with Crippen LogP contribution in [0.2, 0.25) is 18.1 Å². The molecule has 12 heteroatoms. The number of azide groups is 1. The summed E-state index contributed by atoms with van der Waals surface area (Å²) in [6.07, 6.45) is -5.01. The van der Waals surface area contributed by atoms with Gasteiger partial charge < -0.3 is 33.2 Å². The number of rotatable bonds is 12. The fourth-order valence-corrected chi connectivity index (χ4v) is 8.06.